The smallest absolute Gasteiger partial charge is 0.295 e. The van der Waals surface area contributed by atoms with Crippen LogP contribution >= 0.6 is 15.9 Å². The molecule has 1 aliphatic rings. The second-order valence-corrected chi connectivity index (χ2v) is 8.51. The second kappa shape index (κ2) is 8.24. The van der Waals surface area contributed by atoms with Gasteiger partial charge in [0.15, 0.2) is 0 Å². The first-order chi connectivity index (χ1) is 14.4. The number of halogens is 1. The van der Waals surface area contributed by atoms with E-state index in [2.05, 4.69) is 21.2 Å². The van der Waals surface area contributed by atoms with Crippen molar-refractivity contribution < 1.29 is 9.53 Å². The number of carbonyl (C=O) groups is 1. The first kappa shape index (κ1) is 20.6. The van der Waals surface area contributed by atoms with Crippen LogP contribution in [-0.4, -0.2) is 28.5 Å². The summed E-state index contributed by atoms with van der Waals surface area (Å²) in [6.45, 7) is 2.85. The van der Waals surface area contributed by atoms with Crippen LogP contribution < -0.4 is 10.9 Å². The molecule has 0 atom stereocenters. The highest BCUT2D eigenvalue weighted by atomic mass is 79.9. The van der Waals surface area contributed by atoms with E-state index in [0.717, 1.165) is 15.7 Å². The second-order valence-electron chi connectivity index (χ2n) is 7.59. The predicted molar refractivity (Wildman–Crippen MR) is 120 cm³/mol. The first-order valence-electron chi connectivity index (χ1n) is 9.93. The van der Waals surface area contributed by atoms with Crippen LogP contribution in [0.1, 0.15) is 24.1 Å². The fourth-order valence-electron chi connectivity index (χ4n) is 4.08. The molecule has 1 N–H and O–H groups in total. The van der Waals surface area contributed by atoms with E-state index in [-0.39, 0.29) is 11.5 Å². The average molecular weight is 470 g/mol. The zero-order chi connectivity index (χ0) is 21.3. The number of rotatable bonds is 4. The highest BCUT2D eigenvalue weighted by Gasteiger charge is 2.42. The summed E-state index contributed by atoms with van der Waals surface area (Å²) in [6, 6.07) is 17.2. The third-order valence-corrected chi connectivity index (χ3v) is 6.50. The van der Waals surface area contributed by atoms with Gasteiger partial charge < -0.3 is 10.1 Å². The molecule has 1 fully saturated rings. The van der Waals surface area contributed by atoms with Gasteiger partial charge >= 0.3 is 0 Å². The lowest BCUT2D eigenvalue weighted by molar-refractivity contribution is -0.125. The molecule has 7 heteroatoms. The largest absolute Gasteiger partial charge is 0.381 e. The third kappa shape index (κ3) is 3.52. The molecule has 0 unspecified atom stereocenters. The molecule has 0 radical (unpaired) electrons. The quantitative estimate of drug-likeness (QED) is 0.629. The third-order valence-electron chi connectivity index (χ3n) is 5.97. The van der Waals surface area contributed by atoms with Gasteiger partial charge in [0.05, 0.1) is 16.8 Å². The molecule has 0 saturated carbocycles. The lowest BCUT2D eigenvalue weighted by atomic mass is 9.73. The topological polar surface area (TPSA) is 65.3 Å². The van der Waals surface area contributed by atoms with Crippen LogP contribution in [0.4, 0.5) is 5.69 Å². The number of carbonyl (C=O) groups excluding carboxylic acids is 1. The van der Waals surface area contributed by atoms with E-state index in [1.807, 2.05) is 68.6 Å². The summed E-state index contributed by atoms with van der Waals surface area (Å²) in [4.78, 5) is 26.8. The Kier molecular flexibility index (Phi) is 5.66. The van der Waals surface area contributed by atoms with E-state index in [1.165, 1.54) is 0 Å². The molecule has 30 heavy (non-hydrogen) atoms. The van der Waals surface area contributed by atoms with Gasteiger partial charge in [0.2, 0.25) is 5.91 Å². The van der Waals surface area contributed by atoms with Gasteiger partial charge in [0, 0.05) is 24.7 Å². The molecule has 0 spiro atoms. The fraction of sp³-hybridized carbons (Fsp3) is 0.304. The minimum absolute atomic E-state index is 0.167. The number of hydrogen-bond donors (Lipinski definition) is 1. The lowest BCUT2D eigenvalue weighted by Crippen LogP contribution is -2.45. The Labute approximate surface area is 183 Å². The molecule has 0 bridgehead atoms. The van der Waals surface area contributed by atoms with Crippen molar-refractivity contribution in [3.8, 4) is 5.69 Å². The van der Waals surface area contributed by atoms with Crippen LogP contribution in [0.3, 0.4) is 0 Å². The molecule has 6 nitrogen and oxygen atoms in total. The molecule has 1 aliphatic heterocycles. The van der Waals surface area contributed by atoms with Crippen molar-refractivity contribution in [2.75, 3.05) is 18.5 Å². The Morgan fingerprint density at radius 1 is 1.07 bits per heavy atom. The highest BCUT2D eigenvalue weighted by molar-refractivity contribution is 9.10. The molecule has 2 heterocycles. The zero-order valence-corrected chi connectivity index (χ0v) is 18.6. The Balaban J connectivity index is 1.74. The summed E-state index contributed by atoms with van der Waals surface area (Å²) in [5.41, 5.74) is 1.73. The van der Waals surface area contributed by atoms with Crippen LogP contribution in [0.5, 0.6) is 0 Å². The minimum Gasteiger partial charge on any atom is -0.381 e. The standard InChI is InChI=1S/C23H24BrN3O3/c1-16-20(21(28)27(26(16)2)19-6-4-3-5-7-19)25-22(29)23(12-14-30-15-13-23)17-8-10-18(24)11-9-17/h3-11H,12-15H2,1-2H3,(H,25,29). The molecule has 3 aromatic rings. The molecular formula is C23H24BrN3O3. The summed E-state index contributed by atoms with van der Waals surface area (Å²) in [5, 5.41) is 2.97. The summed E-state index contributed by atoms with van der Waals surface area (Å²) >= 11 is 3.46. The number of amides is 1. The molecule has 4 rings (SSSR count). The van der Waals surface area contributed by atoms with E-state index < -0.39 is 5.41 Å². The maximum Gasteiger partial charge on any atom is 0.295 e. The van der Waals surface area contributed by atoms with Gasteiger partial charge in [0.1, 0.15) is 5.69 Å². The SMILES string of the molecule is Cc1c(NC(=O)C2(c3ccc(Br)cc3)CCOCC2)c(=O)n(-c2ccccc2)n1C. The average Bonchev–Trinajstić information content (AvgIpc) is 2.98. The molecule has 1 saturated heterocycles. The molecule has 1 aromatic heterocycles. The van der Waals surface area contributed by atoms with E-state index in [4.69, 9.17) is 4.74 Å². The minimum atomic E-state index is -0.731. The summed E-state index contributed by atoms with van der Waals surface area (Å²) in [6.07, 6.45) is 1.14. The van der Waals surface area contributed by atoms with E-state index in [0.29, 0.717) is 37.4 Å². The fourth-order valence-corrected chi connectivity index (χ4v) is 4.35. The van der Waals surface area contributed by atoms with Gasteiger partial charge in [-0.05, 0) is 49.6 Å². The van der Waals surface area contributed by atoms with E-state index in [9.17, 15) is 9.59 Å². The van der Waals surface area contributed by atoms with E-state index >= 15 is 0 Å². The molecule has 0 aliphatic carbocycles. The number of anilines is 1. The number of aromatic nitrogens is 2. The van der Waals surface area contributed by atoms with Crippen molar-refractivity contribution in [2.45, 2.75) is 25.2 Å². The maximum atomic E-state index is 13.6. The predicted octanol–water partition coefficient (Wildman–Crippen LogP) is 3.93. The Bertz CT molecular complexity index is 1110. The highest BCUT2D eigenvalue weighted by Crippen LogP contribution is 2.36. The van der Waals surface area contributed by atoms with Gasteiger partial charge in [-0.15, -0.1) is 0 Å². The normalized spacial score (nSPS) is 15.7. The number of para-hydroxylation sites is 1. The van der Waals surface area contributed by atoms with Crippen LogP contribution in [0.2, 0.25) is 0 Å². The van der Waals surface area contributed by atoms with Gasteiger partial charge in [-0.25, -0.2) is 4.68 Å². The zero-order valence-electron chi connectivity index (χ0n) is 17.0. The van der Waals surface area contributed by atoms with Gasteiger partial charge in [-0.2, -0.15) is 0 Å². The summed E-state index contributed by atoms with van der Waals surface area (Å²) in [5.74, 6) is -0.167. The van der Waals surface area contributed by atoms with Crippen molar-refractivity contribution in [2.24, 2.45) is 7.05 Å². The molecule has 1 amide bonds. The van der Waals surface area contributed by atoms with Crippen molar-refractivity contribution in [3.63, 3.8) is 0 Å². The van der Waals surface area contributed by atoms with Gasteiger partial charge in [-0.1, -0.05) is 46.3 Å². The number of nitrogens with one attached hydrogen (secondary N) is 1. The van der Waals surface area contributed by atoms with E-state index in [1.54, 1.807) is 9.36 Å². The van der Waals surface area contributed by atoms with Crippen LogP contribution in [-0.2, 0) is 22.0 Å². The Morgan fingerprint density at radius 3 is 2.33 bits per heavy atom. The van der Waals surface area contributed by atoms with Crippen molar-refractivity contribution in [1.29, 1.82) is 0 Å². The van der Waals surface area contributed by atoms with Crippen LogP contribution in [0, 0.1) is 6.92 Å². The van der Waals surface area contributed by atoms with Gasteiger partial charge in [0.25, 0.3) is 5.56 Å². The number of hydrogen-bond acceptors (Lipinski definition) is 3. The van der Waals surface area contributed by atoms with Crippen LogP contribution in [0.15, 0.2) is 63.9 Å². The van der Waals surface area contributed by atoms with Crippen molar-refractivity contribution in [1.82, 2.24) is 9.36 Å². The molecular weight excluding hydrogens is 446 g/mol. The maximum absolute atomic E-state index is 13.6. The lowest BCUT2D eigenvalue weighted by Gasteiger charge is -2.36. The monoisotopic (exact) mass is 469 g/mol. The summed E-state index contributed by atoms with van der Waals surface area (Å²) < 4.78 is 9.83. The van der Waals surface area contributed by atoms with Crippen molar-refractivity contribution in [3.05, 3.63) is 80.7 Å². The Morgan fingerprint density at radius 2 is 1.70 bits per heavy atom. The molecule has 2 aromatic carbocycles. The van der Waals surface area contributed by atoms with Crippen molar-refractivity contribution >= 4 is 27.5 Å². The number of benzene rings is 2. The molecule has 156 valence electrons. The van der Waals surface area contributed by atoms with Gasteiger partial charge in [-0.3, -0.25) is 14.3 Å². The summed E-state index contributed by atoms with van der Waals surface area (Å²) in [7, 11) is 1.82. The first-order valence-corrected chi connectivity index (χ1v) is 10.7. The number of nitrogens with zero attached hydrogens (tertiary/aromatic N) is 2. The number of ether oxygens (including phenoxy) is 1. The Hall–Kier alpha value is -2.64. The van der Waals surface area contributed by atoms with Crippen LogP contribution in [0.25, 0.3) is 5.69 Å².